The second kappa shape index (κ2) is 7.53. The molecule has 0 bridgehead atoms. The summed E-state index contributed by atoms with van der Waals surface area (Å²) in [7, 11) is 0. The molecule has 8 atom stereocenters. The van der Waals surface area contributed by atoms with E-state index in [1.807, 2.05) is 0 Å². The van der Waals surface area contributed by atoms with Gasteiger partial charge in [-0.1, -0.05) is 52.4 Å². The van der Waals surface area contributed by atoms with E-state index in [9.17, 15) is 5.11 Å². The molecule has 0 radical (unpaired) electrons. The van der Waals surface area contributed by atoms with Gasteiger partial charge in [-0.3, -0.25) is 0 Å². The van der Waals surface area contributed by atoms with Gasteiger partial charge in [0.05, 0.1) is 6.10 Å². The molecule has 144 valence electrons. The molecule has 25 heavy (non-hydrogen) atoms. The highest BCUT2D eigenvalue weighted by Crippen LogP contribution is 2.63. The van der Waals surface area contributed by atoms with Gasteiger partial charge in [-0.2, -0.15) is 0 Å². The molecule has 4 rings (SSSR count). The highest BCUT2D eigenvalue weighted by molar-refractivity contribution is 5.05. The molecule has 0 aromatic carbocycles. The fraction of sp³-hybridized carbons (Fsp3) is 1.00. The quantitative estimate of drug-likeness (QED) is 0.557. The van der Waals surface area contributed by atoms with Crippen LogP contribution in [0.5, 0.6) is 0 Å². The van der Waals surface area contributed by atoms with Crippen molar-refractivity contribution in [2.24, 2.45) is 40.9 Å². The van der Waals surface area contributed by atoms with Crippen LogP contribution in [0, 0.1) is 40.9 Å². The number of fused-ring (bicyclic) bond motifs is 5. The van der Waals surface area contributed by atoms with Crippen molar-refractivity contribution in [2.45, 2.75) is 110 Å². The average Bonchev–Trinajstić information content (AvgIpc) is 3.02. The Kier molecular flexibility index (Phi) is 5.52. The van der Waals surface area contributed by atoms with Crippen molar-refractivity contribution in [1.82, 2.24) is 0 Å². The van der Waals surface area contributed by atoms with Gasteiger partial charge in [-0.15, -0.1) is 0 Å². The smallest absolute Gasteiger partial charge is 0.0574 e. The van der Waals surface area contributed by atoms with Gasteiger partial charge >= 0.3 is 0 Å². The monoisotopic (exact) mass is 346 g/mol. The third-order valence-corrected chi connectivity index (χ3v) is 9.41. The van der Waals surface area contributed by atoms with Crippen LogP contribution in [0.25, 0.3) is 0 Å². The first-order valence-electron chi connectivity index (χ1n) is 11.8. The van der Waals surface area contributed by atoms with Gasteiger partial charge in [-0.05, 0) is 92.3 Å². The summed E-state index contributed by atoms with van der Waals surface area (Å²) in [4.78, 5) is 0. The molecule has 4 aliphatic rings. The largest absolute Gasteiger partial charge is 0.393 e. The van der Waals surface area contributed by atoms with E-state index in [-0.39, 0.29) is 6.10 Å². The molecule has 1 heteroatoms. The van der Waals surface area contributed by atoms with Crippen LogP contribution in [0.1, 0.15) is 104 Å². The van der Waals surface area contributed by atoms with Gasteiger partial charge in [0.25, 0.3) is 0 Å². The number of unbranched alkanes of at least 4 members (excludes halogenated alkanes) is 3. The van der Waals surface area contributed by atoms with E-state index in [0.29, 0.717) is 11.3 Å². The molecule has 0 spiro atoms. The molecule has 3 unspecified atom stereocenters. The highest BCUT2D eigenvalue weighted by atomic mass is 16.3. The number of hydrogen-bond donors (Lipinski definition) is 1. The average molecular weight is 347 g/mol. The lowest BCUT2D eigenvalue weighted by Crippen LogP contribution is -2.52. The Morgan fingerprint density at radius 3 is 2.52 bits per heavy atom. The lowest BCUT2D eigenvalue weighted by Gasteiger charge is -2.57. The van der Waals surface area contributed by atoms with Crippen LogP contribution >= 0.6 is 0 Å². The van der Waals surface area contributed by atoms with Crippen molar-refractivity contribution >= 4 is 0 Å². The minimum Gasteiger partial charge on any atom is -0.393 e. The van der Waals surface area contributed by atoms with Crippen molar-refractivity contribution in [3.63, 3.8) is 0 Å². The molecular formula is C24H42O. The van der Waals surface area contributed by atoms with Gasteiger partial charge in [0.1, 0.15) is 0 Å². The normalized spacial score (nSPS) is 49.3. The van der Waals surface area contributed by atoms with E-state index in [4.69, 9.17) is 0 Å². The van der Waals surface area contributed by atoms with Gasteiger partial charge in [0.2, 0.25) is 0 Å². The number of rotatable bonds is 5. The van der Waals surface area contributed by atoms with Crippen LogP contribution in [-0.2, 0) is 0 Å². The van der Waals surface area contributed by atoms with Crippen LogP contribution in [0.3, 0.4) is 0 Å². The number of aliphatic hydroxyl groups is 1. The van der Waals surface area contributed by atoms with Crippen LogP contribution in [0.4, 0.5) is 0 Å². The Bertz CT molecular complexity index is 445. The Morgan fingerprint density at radius 2 is 1.68 bits per heavy atom. The molecule has 0 aliphatic heterocycles. The van der Waals surface area contributed by atoms with Crippen molar-refractivity contribution in [2.75, 3.05) is 0 Å². The number of hydrogen-bond acceptors (Lipinski definition) is 1. The highest BCUT2D eigenvalue weighted by Gasteiger charge is 2.55. The van der Waals surface area contributed by atoms with Crippen molar-refractivity contribution in [3.8, 4) is 0 Å². The maximum Gasteiger partial charge on any atom is 0.0574 e. The minimum atomic E-state index is 0.0236. The summed E-state index contributed by atoms with van der Waals surface area (Å²) in [5.41, 5.74) is 0.660. The molecule has 0 heterocycles. The lowest BCUT2D eigenvalue weighted by molar-refractivity contribution is -0.115. The van der Waals surface area contributed by atoms with E-state index < -0.39 is 0 Å². The molecule has 0 aromatic rings. The zero-order valence-corrected chi connectivity index (χ0v) is 16.9. The van der Waals surface area contributed by atoms with Crippen molar-refractivity contribution < 1.29 is 5.11 Å². The molecule has 0 amide bonds. The molecule has 0 aromatic heterocycles. The Balaban J connectivity index is 1.45. The predicted molar refractivity (Wildman–Crippen MR) is 105 cm³/mol. The Morgan fingerprint density at radius 1 is 0.840 bits per heavy atom. The maximum atomic E-state index is 11.0. The topological polar surface area (TPSA) is 20.2 Å². The Hall–Kier alpha value is -0.0400. The zero-order valence-electron chi connectivity index (χ0n) is 16.9. The second-order valence-corrected chi connectivity index (χ2v) is 10.6. The van der Waals surface area contributed by atoms with Gasteiger partial charge in [0.15, 0.2) is 0 Å². The summed E-state index contributed by atoms with van der Waals surface area (Å²) in [5, 5.41) is 11.0. The standard InChI is InChI=1S/C24H42O/c1-3-4-5-6-8-17-10-13-22(25)23-18(17)11-12-19-20(23)14-16-24(2)15-7-9-21(19)24/h17-23,25H,3-16H2,1-2H3/t17?,18?,19-,20+,21+,22?,23+,24+/m1/s1. The van der Waals surface area contributed by atoms with Crippen LogP contribution in [-0.4, -0.2) is 11.2 Å². The summed E-state index contributed by atoms with van der Waals surface area (Å²) in [6, 6.07) is 0. The molecule has 4 saturated carbocycles. The summed E-state index contributed by atoms with van der Waals surface area (Å²) in [6.07, 6.45) is 19.8. The van der Waals surface area contributed by atoms with E-state index in [0.717, 1.165) is 36.0 Å². The summed E-state index contributed by atoms with van der Waals surface area (Å²) in [5.74, 6) is 5.26. The molecule has 0 saturated heterocycles. The summed E-state index contributed by atoms with van der Waals surface area (Å²) < 4.78 is 0. The van der Waals surface area contributed by atoms with E-state index in [2.05, 4.69) is 13.8 Å². The fourth-order valence-corrected chi connectivity index (χ4v) is 8.20. The second-order valence-electron chi connectivity index (χ2n) is 10.6. The molecule has 4 fully saturated rings. The van der Waals surface area contributed by atoms with Crippen LogP contribution < -0.4 is 0 Å². The van der Waals surface area contributed by atoms with Gasteiger partial charge in [0, 0.05) is 0 Å². The van der Waals surface area contributed by atoms with Crippen LogP contribution in [0.15, 0.2) is 0 Å². The van der Waals surface area contributed by atoms with Gasteiger partial charge < -0.3 is 5.11 Å². The van der Waals surface area contributed by atoms with Crippen molar-refractivity contribution in [3.05, 3.63) is 0 Å². The van der Waals surface area contributed by atoms with E-state index in [1.54, 1.807) is 0 Å². The third-order valence-electron chi connectivity index (χ3n) is 9.41. The third kappa shape index (κ3) is 3.32. The first-order chi connectivity index (χ1) is 12.1. The van der Waals surface area contributed by atoms with Gasteiger partial charge in [-0.25, -0.2) is 0 Å². The van der Waals surface area contributed by atoms with Crippen LogP contribution in [0.2, 0.25) is 0 Å². The first-order valence-corrected chi connectivity index (χ1v) is 11.8. The van der Waals surface area contributed by atoms with Crippen molar-refractivity contribution in [1.29, 1.82) is 0 Å². The predicted octanol–water partition coefficient (Wildman–Crippen LogP) is 6.59. The molecule has 4 aliphatic carbocycles. The molecular weight excluding hydrogens is 304 g/mol. The fourth-order valence-electron chi connectivity index (χ4n) is 8.20. The first kappa shape index (κ1) is 18.3. The molecule has 1 nitrogen and oxygen atoms in total. The Labute approximate surface area is 156 Å². The summed E-state index contributed by atoms with van der Waals surface area (Å²) >= 11 is 0. The lowest BCUT2D eigenvalue weighted by atomic mass is 9.48. The zero-order chi connectivity index (χ0) is 17.4. The summed E-state index contributed by atoms with van der Waals surface area (Å²) in [6.45, 7) is 4.91. The molecule has 1 N–H and O–H groups in total. The minimum absolute atomic E-state index is 0.0236. The van der Waals surface area contributed by atoms with E-state index in [1.165, 1.54) is 83.5 Å². The maximum absolute atomic E-state index is 11.0. The van der Waals surface area contributed by atoms with E-state index >= 15 is 0 Å². The SMILES string of the molecule is CCCCCCC1CCC(O)[C@H]2C1CC[C@@H]1[C@@H]2CC[C@]2(C)CCC[C@@H]12. The number of aliphatic hydroxyl groups excluding tert-OH is 1.